The first-order chi connectivity index (χ1) is 18.9. The third-order valence-corrected chi connectivity index (χ3v) is 8.20. The number of nitrogens with zero attached hydrogens (tertiary/aromatic N) is 1. The van der Waals surface area contributed by atoms with Gasteiger partial charge in [0.1, 0.15) is 17.6 Å². The molecule has 212 valence electrons. The Hall–Kier alpha value is -3.99. The first kappa shape index (κ1) is 29.0. The van der Waals surface area contributed by atoms with Gasteiger partial charge in [-0.05, 0) is 60.9 Å². The predicted molar refractivity (Wildman–Crippen MR) is 145 cm³/mol. The number of alkyl halides is 3. The number of methoxy groups -OCH3 is 2. The lowest BCUT2D eigenvalue weighted by molar-refractivity contribution is -0.141. The third kappa shape index (κ3) is 6.25. The van der Waals surface area contributed by atoms with Crippen molar-refractivity contribution in [3.05, 3.63) is 82.9 Å². The molecule has 1 atom stereocenters. The molecule has 0 unspecified atom stereocenters. The van der Waals surface area contributed by atoms with Gasteiger partial charge in [0.25, 0.3) is 10.0 Å². The zero-order valence-corrected chi connectivity index (χ0v) is 22.9. The first-order valence-electron chi connectivity index (χ1n) is 12.3. The number of sulfonamides is 1. The standard InChI is InChI=1S/C29H28F3NO6S/c1-19-6-4-7-22(16-19)40(35,36)33-18-21(12-15-28(34)38-3)39-27-14-11-20(17-25(27)33)10-13-23-24(29(30,31)32)8-5-9-26(23)37-2/h4-11,13-14,16-17,21H,12,15,18H2,1-3H3/b13-10+/t21-/m0/s1. The molecule has 0 bridgehead atoms. The number of benzene rings is 3. The number of esters is 1. The Morgan fingerprint density at radius 3 is 2.50 bits per heavy atom. The van der Waals surface area contributed by atoms with Crippen molar-refractivity contribution in [3.8, 4) is 11.5 Å². The summed E-state index contributed by atoms with van der Waals surface area (Å²) in [5.74, 6) is -0.134. The molecule has 1 aliphatic rings. The van der Waals surface area contributed by atoms with Crippen LogP contribution in [-0.4, -0.2) is 41.3 Å². The van der Waals surface area contributed by atoms with Crippen LogP contribution in [0.3, 0.4) is 0 Å². The average Bonchev–Trinajstić information content (AvgIpc) is 2.93. The Kier molecular flexibility index (Phi) is 8.43. The summed E-state index contributed by atoms with van der Waals surface area (Å²) < 4.78 is 85.6. The molecule has 7 nitrogen and oxygen atoms in total. The van der Waals surface area contributed by atoms with Crippen LogP contribution in [0.25, 0.3) is 12.2 Å². The van der Waals surface area contributed by atoms with Crippen molar-refractivity contribution in [2.75, 3.05) is 25.1 Å². The summed E-state index contributed by atoms with van der Waals surface area (Å²) in [6, 6.07) is 14.8. The predicted octanol–water partition coefficient (Wildman–Crippen LogP) is 6.10. The normalized spacial score (nSPS) is 15.4. The average molecular weight is 576 g/mol. The summed E-state index contributed by atoms with van der Waals surface area (Å²) >= 11 is 0. The molecule has 40 heavy (non-hydrogen) atoms. The molecule has 0 saturated heterocycles. The molecule has 1 aliphatic heterocycles. The largest absolute Gasteiger partial charge is 0.496 e. The molecular weight excluding hydrogens is 547 g/mol. The van der Waals surface area contributed by atoms with Crippen molar-refractivity contribution in [2.45, 2.75) is 36.9 Å². The summed E-state index contributed by atoms with van der Waals surface area (Å²) in [6.07, 6.45) is -2.23. The number of halogens is 3. The molecule has 11 heteroatoms. The van der Waals surface area contributed by atoms with Crippen molar-refractivity contribution >= 4 is 33.8 Å². The van der Waals surface area contributed by atoms with Crippen molar-refractivity contribution < 1.29 is 40.6 Å². The topological polar surface area (TPSA) is 82.1 Å². The van der Waals surface area contributed by atoms with Crippen LogP contribution in [0.4, 0.5) is 18.9 Å². The lowest BCUT2D eigenvalue weighted by Gasteiger charge is -2.35. The van der Waals surface area contributed by atoms with Gasteiger partial charge < -0.3 is 14.2 Å². The summed E-state index contributed by atoms with van der Waals surface area (Å²) in [5.41, 5.74) is 0.415. The van der Waals surface area contributed by atoms with Gasteiger partial charge in [-0.1, -0.05) is 36.4 Å². The van der Waals surface area contributed by atoms with Crippen LogP contribution in [0.15, 0.2) is 65.6 Å². The fourth-order valence-electron chi connectivity index (χ4n) is 4.42. The fraction of sp³-hybridized carbons (Fsp3) is 0.276. The van der Waals surface area contributed by atoms with E-state index in [0.29, 0.717) is 5.56 Å². The number of aryl methyl sites for hydroxylation is 1. The van der Waals surface area contributed by atoms with Gasteiger partial charge in [0.2, 0.25) is 0 Å². The number of fused-ring (bicyclic) bond motifs is 1. The second-order valence-electron chi connectivity index (χ2n) is 9.19. The number of carbonyl (C=O) groups is 1. The monoisotopic (exact) mass is 575 g/mol. The molecule has 3 aromatic carbocycles. The number of hydrogen-bond donors (Lipinski definition) is 0. The summed E-state index contributed by atoms with van der Waals surface area (Å²) in [6.45, 7) is 1.71. The van der Waals surface area contributed by atoms with Gasteiger partial charge in [-0.3, -0.25) is 9.10 Å². The highest BCUT2D eigenvalue weighted by atomic mass is 32.2. The molecule has 0 spiro atoms. The lowest BCUT2D eigenvalue weighted by atomic mass is 10.0. The van der Waals surface area contributed by atoms with Crippen LogP contribution in [0.2, 0.25) is 0 Å². The van der Waals surface area contributed by atoms with Gasteiger partial charge >= 0.3 is 12.1 Å². The highest BCUT2D eigenvalue weighted by molar-refractivity contribution is 7.92. The number of hydrogen-bond acceptors (Lipinski definition) is 6. The van der Waals surface area contributed by atoms with Crippen molar-refractivity contribution in [1.82, 2.24) is 0 Å². The SMILES string of the molecule is COC(=O)CC[C@H]1CN(S(=O)(=O)c2cccc(C)c2)c2cc(/C=C/c3c(OC)cccc3C(F)(F)F)ccc2O1. The molecule has 0 amide bonds. The number of ether oxygens (including phenoxy) is 3. The Morgan fingerprint density at radius 1 is 1.07 bits per heavy atom. The van der Waals surface area contributed by atoms with E-state index >= 15 is 0 Å². The van der Waals surface area contributed by atoms with Gasteiger partial charge in [0, 0.05) is 12.0 Å². The molecule has 0 saturated carbocycles. The number of rotatable bonds is 8. The Labute approximate surface area is 230 Å². The summed E-state index contributed by atoms with van der Waals surface area (Å²) in [5, 5.41) is 0. The zero-order chi connectivity index (χ0) is 29.1. The van der Waals surface area contributed by atoms with Crippen molar-refractivity contribution in [2.24, 2.45) is 0 Å². The van der Waals surface area contributed by atoms with Crippen LogP contribution >= 0.6 is 0 Å². The smallest absolute Gasteiger partial charge is 0.417 e. The molecule has 0 fully saturated rings. The molecule has 4 rings (SSSR count). The van der Waals surface area contributed by atoms with Crippen molar-refractivity contribution in [3.63, 3.8) is 0 Å². The zero-order valence-electron chi connectivity index (χ0n) is 22.1. The number of anilines is 1. The molecule has 3 aromatic rings. The van der Waals surface area contributed by atoms with E-state index in [9.17, 15) is 26.4 Å². The van der Waals surface area contributed by atoms with E-state index < -0.39 is 33.8 Å². The van der Waals surface area contributed by atoms with Crippen LogP contribution in [0.5, 0.6) is 11.5 Å². The minimum absolute atomic E-state index is 0.0378. The quantitative estimate of drug-likeness (QED) is 0.238. The lowest BCUT2D eigenvalue weighted by Crippen LogP contribution is -2.43. The van der Waals surface area contributed by atoms with E-state index in [1.54, 1.807) is 43.3 Å². The fourth-order valence-corrected chi connectivity index (χ4v) is 6.02. The maximum atomic E-state index is 13.8. The van der Waals surface area contributed by atoms with Crippen molar-refractivity contribution in [1.29, 1.82) is 0 Å². The second-order valence-corrected chi connectivity index (χ2v) is 11.0. The van der Waals surface area contributed by atoms with E-state index in [2.05, 4.69) is 0 Å². The van der Waals surface area contributed by atoms with Crippen LogP contribution in [0, 0.1) is 6.92 Å². The summed E-state index contributed by atoms with van der Waals surface area (Å²) in [7, 11) is -1.50. The molecule has 0 N–H and O–H groups in total. The minimum Gasteiger partial charge on any atom is -0.496 e. The Morgan fingerprint density at radius 2 is 1.82 bits per heavy atom. The van der Waals surface area contributed by atoms with Crippen LogP contribution in [-0.2, 0) is 25.7 Å². The molecule has 1 heterocycles. The Bertz CT molecular complexity index is 1530. The third-order valence-electron chi connectivity index (χ3n) is 6.42. The second kappa shape index (κ2) is 11.6. The van der Waals surface area contributed by atoms with E-state index in [0.717, 1.165) is 11.6 Å². The van der Waals surface area contributed by atoms with Crippen LogP contribution in [0.1, 0.15) is 35.1 Å². The van der Waals surface area contributed by atoms with E-state index in [1.165, 1.54) is 48.9 Å². The van der Waals surface area contributed by atoms with E-state index in [1.807, 2.05) is 0 Å². The molecule has 0 aromatic heterocycles. The van der Waals surface area contributed by atoms with Gasteiger partial charge in [-0.2, -0.15) is 13.2 Å². The van der Waals surface area contributed by atoms with E-state index in [-0.39, 0.29) is 47.0 Å². The first-order valence-corrected chi connectivity index (χ1v) is 13.8. The van der Waals surface area contributed by atoms with E-state index in [4.69, 9.17) is 14.2 Å². The maximum absolute atomic E-state index is 13.8. The Balaban J connectivity index is 1.76. The molecule has 0 aliphatic carbocycles. The molecular formula is C29H28F3NO6S. The summed E-state index contributed by atoms with van der Waals surface area (Å²) in [4.78, 5) is 11.8. The van der Waals surface area contributed by atoms with Gasteiger partial charge in [-0.15, -0.1) is 0 Å². The molecule has 0 radical (unpaired) electrons. The minimum atomic E-state index is -4.60. The maximum Gasteiger partial charge on any atom is 0.417 e. The van der Waals surface area contributed by atoms with Gasteiger partial charge in [0.15, 0.2) is 0 Å². The highest BCUT2D eigenvalue weighted by Gasteiger charge is 2.36. The van der Waals surface area contributed by atoms with Gasteiger partial charge in [0.05, 0.1) is 36.9 Å². The highest BCUT2D eigenvalue weighted by Crippen LogP contribution is 2.40. The van der Waals surface area contributed by atoms with Gasteiger partial charge in [-0.25, -0.2) is 8.42 Å². The number of carbonyl (C=O) groups excluding carboxylic acids is 1. The van der Waals surface area contributed by atoms with Crippen LogP contribution < -0.4 is 13.8 Å².